The van der Waals surface area contributed by atoms with Crippen molar-refractivity contribution >= 4 is 39.8 Å². The Morgan fingerprint density at radius 3 is 2.45 bits per heavy atom. The van der Waals surface area contributed by atoms with E-state index in [0.717, 1.165) is 50.7 Å². The molecule has 1 saturated heterocycles. The van der Waals surface area contributed by atoms with Gasteiger partial charge in [0.15, 0.2) is 0 Å². The third-order valence-electron chi connectivity index (χ3n) is 5.92. The molecule has 5 rings (SSSR count). The number of rotatable bonds is 4. The monoisotopic (exact) mass is 456 g/mol. The van der Waals surface area contributed by atoms with Gasteiger partial charge in [-0.3, -0.25) is 14.5 Å². The Labute approximate surface area is 195 Å². The van der Waals surface area contributed by atoms with Crippen LogP contribution >= 0.6 is 11.8 Å². The lowest BCUT2D eigenvalue weighted by Crippen LogP contribution is -2.27. The van der Waals surface area contributed by atoms with E-state index in [4.69, 9.17) is 0 Å². The summed E-state index contributed by atoms with van der Waals surface area (Å²) in [6, 6.07) is 22.1. The molecule has 0 N–H and O–H groups in total. The molecule has 0 unspecified atom stereocenters. The third kappa shape index (κ3) is 3.87. The van der Waals surface area contributed by atoms with Crippen LogP contribution in [0.2, 0.25) is 0 Å². The van der Waals surface area contributed by atoms with E-state index >= 15 is 0 Å². The summed E-state index contributed by atoms with van der Waals surface area (Å²) >= 11 is 0.963. The zero-order valence-electron chi connectivity index (χ0n) is 18.2. The Morgan fingerprint density at radius 1 is 0.939 bits per heavy atom. The van der Waals surface area contributed by atoms with E-state index in [-0.39, 0.29) is 23.5 Å². The van der Waals surface area contributed by atoms with Crippen molar-refractivity contribution in [2.45, 2.75) is 20.4 Å². The summed E-state index contributed by atoms with van der Waals surface area (Å²) in [7, 11) is 0. The second-order valence-electron chi connectivity index (χ2n) is 8.04. The van der Waals surface area contributed by atoms with Crippen molar-refractivity contribution < 1.29 is 14.0 Å². The molecule has 0 bridgehead atoms. The highest BCUT2D eigenvalue weighted by molar-refractivity contribution is 8.18. The molecule has 2 heterocycles. The molecule has 6 heteroatoms. The number of nitrogens with zero attached hydrogens (tertiary/aromatic N) is 2. The number of hydrogen-bond acceptors (Lipinski definition) is 3. The van der Waals surface area contributed by atoms with Gasteiger partial charge in [0.2, 0.25) is 0 Å². The maximum absolute atomic E-state index is 13.3. The van der Waals surface area contributed by atoms with Crippen LogP contribution in [0.1, 0.15) is 22.5 Å². The zero-order valence-corrected chi connectivity index (χ0v) is 19.0. The van der Waals surface area contributed by atoms with Crippen LogP contribution in [0.25, 0.3) is 22.5 Å². The van der Waals surface area contributed by atoms with Crippen molar-refractivity contribution in [2.75, 3.05) is 0 Å². The third-order valence-corrected chi connectivity index (χ3v) is 6.83. The topological polar surface area (TPSA) is 42.3 Å². The van der Waals surface area contributed by atoms with E-state index in [0.29, 0.717) is 4.91 Å². The second kappa shape index (κ2) is 8.37. The van der Waals surface area contributed by atoms with Crippen LogP contribution in [0.3, 0.4) is 0 Å². The molecule has 4 aromatic rings. The van der Waals surface area contributed by atoms with Crippen molar-refractivity contribution in [1.29, 1.82) is 0 Å². The second-order valence-corrected chi connectivity index (χ2v) is 9.04. The van der Waals surface area contributed by atoms with Gasteiger partial charge in [0.1, 0.15) is 5.82 Å². The molecular weight excluding hydrogens is 435 g/mol. The van der Waals surface area contributed by atoms with Crippen molar-refractivity contribution in [3.05, 3.63) is 106 Å². The van der Waals surface area contributed by atoms with E-state index in [1.54, 1.807) is 18.2 Å². The standard InChI is InChI=1S/C27H21FN2O2S/c1-17-14-21(18(2)30(17)23-12-10-22(28)11-13-23)15-25-26(31)29(27(32)33-25)16-20-8-5-7-19-6-3-4-9-24(19)20/h3-15H,16H2,1-2H3/b25-15-. The number of benzene rings is 3. The highest BCUT2D eigenvalue weighted by Crippen LogP contribution is 2.35. The molecule has 1 fully saturated rings. The van der Waals surface area contributed by atoms with Gasteiger partial charge in [-0.15, -0.1) is 0 Å². The van der Waals surface area contributed by atoms with Crippen LogP contribution < -0.4 is 0 Å². The molecule has 33 heavy (non-hydrogen) atoms. The lowest BCUT2D eigenvalue weighted by atomic mass is 10.0. The number of aromatic nitrogens is 1. The molecule has 0 aliphatic carbocycles. The van der Waals surface area contributed by atoms with Crippen LogP contribution in [0.5, 0.6) is 0 Å². The summed E-state index contributed by atoms with van der Waals surface area (Å²) in [5.41, 5.74) is 4.51. The van der Waals surface area contributed by atoms with Crippen LogP contribution in [-0.4, -0.2) is 20.6 Å². The molecule has 0 spiro atoms. The number of halogens is 1. The van der Waals surface area contributed by atoms with E-state index in [2.05, 4.69) is 0 Å². The molecule has 0 saturated carbocycles. The number of carbonyl (C=O) groups is 2. The van der Waals surface area contributed by atoms with E-state index in [1.165, 1.54) is 17.0 Å². The first-order chi connectivity index (χ1) is 15.9. The largest absolute Gasteiger partial charge is 0.318 e. The fraction of sp³-hybridized carbons (Fsp3) is 0.111. The highest BCUT2D eigenvalue weighted by atomic mass is 32.2. The lowest BCUT2D eigenvalue weighted by Gasteiger charge is -2.14. The first-order valence-corrected chi connectivity index (χ1v) is 11.4. The summed E-state index contributed by atoms with van der Waals surface area (Å²) < 4.78 is 15.3. The molecule has 1 aliphatic rings. The van der Waals surface area contributed by atoms with E-state index in [1.807, 2.05) is 66.9 Å². The van der Waals surface area contributed by atoms with Gasteiger partial charge in [0.05, 0.1) is 11.4 Å². The SMILES string of the molecule is Cc1cc(/C=C2\SC(=O)N(Cc3cccc4ccccc34)C2=O)c(C)n1-c1ccc(F)cc1. The van der Waals surface area contributed by atoms with Crippen LogP contribution in [0.15, 0.2) is 77.7 Å². The van der Waals surface area contributed by atoms with Crippen molar-refractivity contribution in [3.63, 3.8) is 0 Å². The molecule has 0 atom stereocenters. The lowest BCUT2D eigenvalue weighted by molar-refractivity contribution is -0.123. The Hall–Kier alpha value is -3.64. The summed E-state index contributed by atoms with van der Waals surface area (Å²) in [5, 5.41) is 1.84. The van der Waals surface area contributed by atoms with Gasteiger partial charge in [0, 0.05) is 17.1 Å². The molecular formula is C27H21FN2O2S. The molecule has 3 aromatic carbocycles. The maximum Gasteiger partial charge on any atom is 0.293 e. The summed E-state index contributed by atoms with van der Waals surface area (Å²) in [6.07, 6.45) is 1.77. The average Bonchev–Trinajstić information content (AvgIpc) is 3.24. The number of amides is 2. The molecule has 4 nitrogen and oxygen atoms in total. The van der Waals surface area contributed by atoms with E-state index < -0.39 is 0 Å². The molecule has 0 radical (unpaired) electrons. The van der Waals surface area contributed by atoms with Gasteiger partial charge in [0.25, 0.3) is 11.1 Å². The number of aryl methyl sites for hydroxylation is 1. The maximum atomic E-state index is 13.3. The van der Waals surface area contributed by atoms with Gasteiger partial charge in [-0.2, -0.15) is 0 Å². The fourth-order valence-electron chi connectivity index (χ4n) is 4.30. The van der Waals surface area contributed by atoms with Crippen molar-refractivity contribution in [1.82, 2.24) is 9.47 Å². The van der Waals surface area contributed by atoms with Gasteiger partial charge in [-0.05, 0) is 83.9 Å². The fourth-order valence-corrected chi connectivity index (χ4v) is 5.13. The van der Waals surface area contributed by atoms with Gasteiger partial charge < -0.3 is 4.57 Å². The number of hydrogen-bond donors (Lipinski definition) is 0. The average molecular weight is 457 g/mol. The van der Waals surface area contributed by atoms with Crippen LogP contribution in [0.4, 0.5) is 9.18 Å². The quantitative estimate of drug-likeness (QED) is 0.324. The predicted octanol–water partition coefficient (Wildman–Crippen LogP) is 6.62. The Morgan fingerprint density at radius 2 is 1.67 bits per heavy atom. The van der Waals surface area contributed by atoms with Crippen molar-refractivity contribution in [2.24, 2.45) is 0 Å². The predicted molar refractivity (Wildman–Crippen MR) is 131 cm³/mol. The van der Waals surface area contributed by atoms with Gasteiger partial charge in [-0.25, -0.2) is 4.39 Å². The molecule has 1 aromatic heterocycles. The number of thioether (sulfide) groups is 1. The molecule has 2 amide bonds. The smallest absolute Gasteiger partial charge is 0.293 e. The van der Waals surface area contributed by atoms with E-state index in [9.17, 15) is 14.0 Å². The van der Waals surface area contributed by atoms with Crippen LogP contribution in [-0.2, 0) is 11.3 Å². The minimum Gasteiger partial charge on any atom is -0.318 e. The van der Waals surface area contributed by atoms with Gasteiger partial charge in [-0.1, -0.05) is 42.5 Å². The van der Waals surface area contributed by atoms with Gasteiger partial charge >= 0.3 is 0 Å². The zero-order chi connectivity index (χ0) is 23.1. The molecule has 1 aliphatic heterocycles. The Bertz CT molecular complexity index is 1430. The Kier molecular flexibility index (Phi) is 5.38. The first-order valence-electron chi connectivity index (χ1n) is 10.6. The number of fused-ring (bicyclic) bond motifs is 1. The minimum absolute atomic E-state index is 0.234. The summed E-state index contributed by atoms with van der Waals surface area (Å²) in [6.45, 7) is 4.14. The summed E-state index contributed by atoms with van der Waals surface area (Å²) in [5.74, 6) is -0.578. The van der Waals surface area contributed by atoms with Crippen LogP contribution in [0, 0.1) is 19.7 Å². The molecule has 164 valence electrons. The first kappa shape index (κ1) is 21.2. The summed E-state index contributed by atoms with van der Waals surface area (Å²) in [4.78, 5) is 27.6. The number of carbonyl (C=O) groups excluding carboxylic acids is 2. The Balaban J connectivity index is 1.45. The number of imide groups is 1. The highest BCUT2D eigenvalue weighted by Gasteiger charge is 2.35. The van der Waals surface area contributed by atoms with Crippen molar-refractivity contribution in [3.8, 4) is 5.69 Å². The minimum atomic E-state index is -0.290. The normalized spacial score (nSPS) is 15.2.